The Balaban J connectivity index is 4.03. The summed E-state index contributed by atoms with van der Waals surface area (Å²) in [4.78, 5) is 21.6. The molecule has 0 aromatic rings. The highest BCUT2D eigenvalue weighted by molar-refractivity contribution is 5.77. The molecule has 0 aliphatic heterocycles. The van der Waals surface area contributed by atoms with Gasteiger partial charge in [-0.15, -0.1) is 0 Å². The van der Waals surface area contributed by atoms with Crippen LogP contribution in [0.4, 0.5) is 0 Å². The molecule has 0 aromatic heterocycles. The first-order chi connectivity index (χ1) is 5.37. The summed E-state index contributed by atoms with van der Waals surface area (Å²) in [6.45, 7) is 6.69. The van der Waals surface area contributed by atoms with Crippen molar-refractivity contribution in [1.29, 1.82) is 0 Å². The van der Waals surface area contributed by atoms with Gasteiger partial charge in [0.1, 0.15) is 11.4 Å². The molecule has 0 saturated carbocycles. The topological polar surface area (TPSA) is 43.4 Å². The van der Waals surface area contributed by atoms with Gasteiger partial charge in [-0.3, -0.25) is 9.59 Å². The Bertz CT molecular complexity index is 182. The van der Waals surface area contributed by atoms with E-state index in [1.807, 2.05) is 0 Å². The normalized spacial score (nSPS) is 11.0. The number of hydrogen-bond acceptors (Lipinski definition) is 3. The summed E-state index contributed by atoms with van der Waals surface area (Å²) in [7, 11) is 0. The second-order valence-corrected chi connectivity index (χ2v) is 3.47. The van der Waals surface area contributed by atoms with E-state index >= 15 is 0 Å². The maximum absolute atomic E-state index is 10.9. The standard InChI is InChI=1S/C9H16O3/c1-5-8(11)12-9(3,4)6-7(2)10/h5-6H2,1-4H3. The largest absolute Gasteiger partial charge is 0.459 e. The van der Waals surface area contributed by atoms with Gasteiger partial charge in [0, 0.05) is 12.8 Å². The Morgan fingerprint density at radius 3 is 2.17 bits per heavy atom. The fourth-order valence-corrected chi connectivity index (χ4v) is 1.02. The smallest absolute Gasteiger partial charge is 0.306 e. The molecule has 0 saturated heterocycles. The predicted molar refractivity (Wildman–Crippen MR) is 45.8 cm³/mol. The van der Waals surface area contributed by atoms with Crippen LogP contribution in [0.3, 0.4) is 0 Å². The first-order valence-corrected chi connectivity index (χ1v) is 4.08. The summed E-state index contributed by atoms with van der Waals surface area (Å²) in [6, 6.07) is 0. The van der Waals surface area contributed by atoms with Gasteiger partial charge in [0.15, 0.2) is 0 Å². The first-order valence-electron chi connectivity index (χ1n) is 4.08. The molecule has 70 valence electrons. The summed E-state index contributed by atoms with van der Waals surface area (Å²) >= 11 is 0. The van der Waals surface area contributed by atoms with Crippen LogP contribution >= 0.6 is 0 Å². The maximum atomic E-state index is 10.9. The Morgan fingerprint density at radius 1 is 1.33 bits per heavy atom. The highest BCUT2D eigenvalue weighted by Gasteiger charge is 2.23. The monoisotopic (exact) mass is 172 g/mol. The van der Waals surface area contributed by atoms with Crippen LogP contribution < -0.4 is 0 Å². The molecule has 0 aliphatic carbocycles. The van der Waals surface area contributed by atoms with Gasteiger partial charge in [0.25, 0.3) is 0 Å². The number of carbonyl (C=O) groups excluding carboxylic acids is 2. The third kappa shape index (κ3) is 4.88. The molecule has 3 nitrogen and oxygen atoms in total. The fourth-order valence-electron chi connectivity index (χ4n) is 1.02. The molecule has 3 heteroatoms. The Kier molecular flexibility index (Phi) is 3.93. The van der Waals surface area contributed by atoms with Crippen molar-refractivity contribution in [3.8, 4) is 0 Å². The number of carbonyl (C=O) groups is 2. The summed E-state index contributed by atoms with van der Waals surface area (Å²) in [5, 5.41) is 0. The van der Waals surface area contributed by atoms with Crippen LogP contribution in [0.5, 0.6) is 0 Å². The number of Topliss-reactive ketones (excluding diaryl/α,β-unsaturated/α-hetero) is 1. The van der Waals surface area contributed by atoms with Crippen molar-refractivity contribution in [3.05, 3.63) is 0 Å². The third-order valence-corrected chi connectivity index (χ3v) is 1.35. The molecule has 0 rings (SSSR count). The van der Waals surface area contributed by atoms with Crippen molar-refractivity contribution in [3.63, 3.8) is 0 Å². The molecule has 0 radical (unpaired) electrons. The number of esters is 1. The van der Waals surface area contributed by atoms with Crippen molar-refractivity contribution in [2.24, 2.45) is 0 Å². The second kappa shape index (κ2) is 4.24. The van der Waals surface area contributed by atoms with Gasteiger partial charge in [-0.05, 0) is 20.8 Å². The fraction of sp³-hybridized carbons (Fsp3) is 0.778. The molecule has 0 N–H and O–H groups in total. The third-order valence-electron chi connectivity index (χ3n) is 1.35. The van der Waals surface area contributed by atoms with E-state index < -0.39 is 5.60 Å². The lowest BCUT2D eigenvalue weighted by Crippen LogP contribution is -2.29. The molecule has 0 atom stereocenters. The van der Waals surface area contributed by atoms with Crippen molar-refractivity contribution < 1.29 is 14.3 Å². The van der Waals surface area contributed by atoms with Crippen LogP contribution in [0.15, 0.2) is 0 Å². The van der Waals surface area contributed by atoms with Crippen LogP contribution in [-0.2, 0) is 14.3 Å². The lowest BCUT2D eigenvalue weighted by molar-refractivity contribution is -0.157. The lowest BCUT2D eigenvalue weighted by atomic mass is 10.0. The molecular formula is C9H16O3. The van der Waals surface area contributed by atoms with E-state index in [1.165, 1.54) is 6.92 Å². The SMILES string of the molecule is CCC(=O)OC(C)(C)CC(C)=O. The van der Waals surface area contributed by atoms with Crippen molar-refractivity contribution in [1.82, 2.24) is 0 Å². The summed E-state index contributed by atoms with van der Waals surface area (Å²) in [6.07, 6.45) is 0.625. The van der Waals surface area contributed by atoms with Crippen molar-refractivity contribution >= 4 is 11.8 Å². The number of hydrogen-bond donors (Lipinski definition) is 0. The zero-order valence-corrected chi connectivity index (χ0v) is 8.14. The van der Waals surface area contributed by atoms with Gasteiger partial charge in [-0.25, -0.2) is 0 Å². The van der Waals surface area contributed by atoms with Gasteiger partial charge in [0.2, 0.25) is 0 Å². The van der Waals surface area contributed by atoms with E-state index in [1.54, 1.807) is 20.8 Å². The van der Waals surface area contributed by atoms with Crippen molar-refractivity contribution in [2.75, 3.05) is 0 Å². The van der Waals surface area contributed by atoms with Gasteiger partial charge < -0.3 is 4.74 Å². The number of ketones is 1. The van der Waals surface area contributed by atoms with E-state index in [0.717, 1.165) is 0 Å². The summed E-state index contributed by atoms with van der Waals surface area (Å²) in [5.41, 5.74) is -0.654. The average Bonchev–Trinajstić information content (AvgIpc) is 1.83. The van der Waals surface area contributed by atoms with E-state index in [-0.39, 0.29) is 18.2 Å². The van der Waals surface area contributed by atoms with Crippen LogP contribution in [0.1, 0.15) is 40.5 Å². The van der Waals surface area contributed by atoms with E-state index in [0.29, 0.717) is 6.42 Å². The second-order valence-electron chi connectivity index (χ2n) is 3.47. The molecule has 0 spiro atoms. The van der Waals surface area contributed by atoms with Crippen LogP contribution in [0.2, 0.25) is 0 Å². The molecule has 0 amide bonds. The summed E-state index contributed by atoms with van der Waals surface area (Å²) in [5.74, 6) is -0.231. The Morgan fingerprint density at radius 2 is 1.83 bits per heavy atom. The molecule has 0 unspecified atom stereocenters. The minimum absolute atomic E-state index is 0.0314. The van der Waals surface area contributed by atoms with Crippen molar-refractivity contribution in [2.45, 2.75) is 46.1 Å². The maximum Gasteiger partial charge on any atom is 0.306 e. The first kappa shape index (κ1) is 11.1. The van der Waals surface area contributed by atoms with Crippen LogP contribution in [-0.4, -0.2) is 17.4 Å². The van der Waals surface area contributed by atoms with Gasteiger partial charge in [0.05, 0.1) is 0 Å². The van der Waals surface area contributed by atoms with E-state index in [4.69, 9.17) is 4.74 Å². The molecule has 0 heterocycles. The summed E-state index contributed by atoms with van der Waals surface area (Å²) < 4.78 is 5.04. The number of ether oxygens (including phenoxy) is 1. The molecule has 0 bridgehead atoms. The zero-order valence-electron chi connectivity index (χ0n) is 8.14. The minimum Gasteiger partial charge on any atom is -0.459 e. The molecule has 0 fully saturated rings. The average molecular weight is 172 g/mol. The number of rotatable bonds is 4. The highest BCUT2D eigenvalue weighted by Crippen LogP contribution is 2.15. The molecule has 12 heavy (non-hydrogen) atoms. The zero-order chi connectivity index (χ0) is 9.78. The Labute approximate surface area is 73.1 Å². The van der Waals surface area contributed by atoms with E-state index in [2.05, 4.69) is 0 Å². The van der Waals surface area contributed by atoms with E-state index in [9.17, 15) is 9.59 Å². The molecule has 0 aromatic carbocycles. The van der Waals surface area contributed by atoms with Crippen LogP contribution in [0, 0.1) is 0 Å². The molecule has 0 aliphatic rings. The molecular weight excluding hydrogens is 156 g/mol. The minimum atomic E-state index is -0.654. The van der Waals surface area contributed by atoms with Gasteiger partial charge in [-0.1, -0.05) is 6.92 Å². The highest BCUT2D eigenvalue weighted by atomic mass is 16.6. The quantitative estimate of drug-likeness (QED) is 0.606. The van der Waals surface area contributed by atoms with Gasteiger partial charge >= 0.3 is 5.97 Å². The van der Waals surface area contributed by atoms with Gasteiger partial charge in [-0.2, -0.15) is 0 Å². The predicted octanol–water partition coefficient (Wildman–Crippen LogP) is 1.70. The van der Waals surface area contributed by atoms with Crippen LogP contribution in [0.25, 0.3) is 0 Å². The lowest BCUT2D eigenvalue weighted by Gasteiger charge is -2.23. The Hall–Kier alpha value is -0.860.